The summed E-state index contributed by atoms with van der Waals surface area (Å²) in [4.78, 5) is 0. The molecule has 0 nitrogen and oxygen atoms in total. The van der Waals surface area contributed by atoms with Crippen molar-refractivity contribution in [3.8, 4) is 11.1 Å². The third-order valence-electron chi connectivity index (χ3n) is 6.92. The van der Waals surface area contributed by atoms with Gasteiger partial charge >= 0.3 is 195 Å². The van der Waals surface area contributed by atoms with Crippen LogP contribution >= 0.6 is 0 Å². The molecule has 0 bridgehead atoms. The fourth-order valence-electron chi connectivity index (χ4n) is 5.62. The Hall–Kier alpha value is -1.53. The second kappa shape index (κ2) is 10.8. The first-order chi connectivity index (χ1) is 15.1. The van der Waals surface area contributed by atoms with Crippen molar-refractivity contribution >= 4 is 3.71 Å². The summed E-state index contributed by atoms with van der Waals surface area (Å²) in [6, 6.07) is 29.4. The molecule has 0 heterocycles. The topological polar surface area (TPSA) is 0 Å². The summed E-state index contributed by atoms with van der Waals surface area (Å²) in [5, 5.41) is 0. The van der Waals surface area contributed by atoms with E-state index < -0.39 is 21.3 Å². The molecule has 0 aliphatic heterocycles. The van der Waals surface area contributed by atoms with Crippen LogP contribution in [0.1, 0.15) is 48.0 Å². The Kier molecular flexibility index (Phi) is 8.55. The van der Waals surface area contributed by atoms with Crippen LogP contribution in [0, 0.1) is 11.8 Å². The molecule has 0 saturated heterocycles. The van der Waals surface area contributed by atoms with Crippen LogP contribution in [0.15, 0.2) is 99.4 Å². The quantitative estimate of drug-likeness (QED) is 0.463. The Morgan fingerprint density at radius 1 is 0.758 bits per heavy atom. The average Bonchev–Trinajstić information content (AvgIpc) is 3.27. The van der Waals surface area contributed by atoms with Crippen LogP contribution in [-0.2, 0) is 21.3 Å². The fourth-order valence-corrected chi connectivity index (χ4v) is 14.3. The number of rotatable bonds is 4. The fraction of sp³-hybridized carbons (Fsp3) is 0.233. The summed E-state index contributed by atoms with van der Waals surface area (Å²) in [7, 11) is 0. The van der Waals surface area contributed by atoms with Crippen molar-refractivity contribution < 1.29 is 46.1 Å². The van der Waals surface area contributed by atoms with E-state index >= 15 is 0 Å². The molecule has 1 atom stereocenters. The van der Waals surface area contributed by atoms with Gasteiger partial charge in [0, 0.05) is 0 Å². The summed E-state index contributed by atoms with van der Waals surface area (Å²) in [5.41, 5.74) is 10.6. The molecular formula is C30H30Cl2Zr. The van der Waals surface area contributed by atoms with E-state index in [9.17, 15) is 0 Å². The molecule has 0 spiro atoms. The molecular weight excluding hydrogens is 522 g/mol. The van der Waals surface area contributed by atoms with Crippen LogP contribution in [0.2, 0.25) is 0 Å². The molecule has 168 valence electrons. The largest absolute Gasteiger partial charge is 1.00 e. The van der Waals surface area contributed by atoms with Crippen molar-refractivity contribution in [1.82, 2.24) is 0 Å². The molecule has 3 aromatic carbocycles. The van der Waals surface area contributed by atoms with E-state index in [1.165, 1.54) is 16.7 Å². The predicted molar refractivity (Wildman–Crippen MR) is 130 cm³/mol. The first-order valence-electron chi connectivity index (χ1n) is 11.4. The zero-order valence-electron chi connectivity index (χ0n) is 19.6. The molecule has 0 aromatic heterocycles. The van der Waals surface area contributed by atoms with E-state index in [0.29, 0.717) is 15.5 Å². The van der Waals surface area contributed by atoms with Gasteiger partial charge in [0.25, 0.3) is 0 Å². The van der Waals surface area contributed by atoms with Gasteiger partial charge in [-0.2, -0.15) is 0 Å². The van der Waals surface area contributed by atoms with Crippen molar-refractivity contribution in [1.29, 1.82) is 0 Å². The summed E-state index contributed by atoms with van der Waals surface area (Å²) < 4.78 is 5.05. The summed E-state index contributed by atoms with van der Waals surface area (Å²) in [6.07, 6.45) is 2.56. The third kappa shape index (κ3) is 4.70. The minimum Gasteiger partial charge on any atom is -1.00 e. The second-order valence-corrected chi connectivity index (χ2v) is 14.9. The zero-order chi connectivity index (χ0) is 21.5. The van der Waals surface area contributed by atoms with Gasteiger partial charge in [-0.3, -0.25) is 0 Å². The van der Waals surface area contributed by atoms with Gasteiger partial charge in [-0.25, -0.2) is 0 Å². The molecule has 5 rings (SSSR count). The molecule has 0 amide bonds. The monoisotopic (exact) mass is 550 g/mol. The molecule has 0 fully saturated rings. The van der Waals surface area contributed by atoms with Crippen molar-refractivity contribution in [3.63, 3.8) is 0 Å². The molecule has 2 aliphatic carbocycles. The van der Waals surface area contributed by atoms with Gasteiger partial charge in [0.2, 0.25) is 0 Å². The van der Waals surface area contributed by atoms with Gasteiger partial charge in [-0.05, 0) is 0 Å². The SMILES string of the molecule is CC1=[C](/[Zr+2](=[CH]/c2ccccc2)[CH]2c3ccccc3-c3ccccc32)C(C)C=C1C(C)C.[Cl-].[Cl-]. The maximum Gasteiger partial charge on any atom is -1.00 e. The van der Waals surface area contributed by atoms with Crippen LogP contribution in [0.5, 0.6) is 0 Å². The first-order valence-corrected chi connectivity index (χ1v) is 15.5. The minimum atomic E-state index is -2.31. The molecule has 33 heavy (non-hydrogen) atoms. The van der Waals surface area contributed by atoms with Crippen LogP contribution < -0.4 is 24.8 Å². The van der Waals surface area contributed by atoms with Gasteiger partial charge < -0.3 is 24.8 Å². The molecule has 1 unspecified atom stereocenters. The third-order valence-corrected chi connectivity index (χ3v) is 15.1. The number of fused-ring (bicyclic) bond motifs is 3. The molecule has 3 aromatic rings. The van der Waals surface area contributed by atoms with Crippen molar-refractivity contribution in [2.75, 3.05) is 0 Å². The average molecular weight is 553 g/mol. The van der Waals surface area contributed by atoms with Crippen molar-refractivity contribution in [3.05, 3.63) is 116 Å². The smallest absolute Gasteiger partial charge is 1.00 e. The zero-order valence-corrected chi connectivity index (χ0v) is 23.6. The van der Waals surface area contributed by atoms with E-state index in [4.69, 9.17) is 0 Å². The maximum absolute atomic E-state index is 2.72. The van der Waals surface area contributed by atoms with Gasteiger partial charge in [0.05, 0.1) is 0 Å². The summed E-state index contributed by atoms with van der Waals surface area (Å²) >= 11 is -2.31. The molecule has 0 radical (unpaired) electrons. The Morgan fingerprint density at radius 3 is 1.79 bits per heavy atom. The van der Waals surface area contributed by atoms with Gasteiger partial charge in [0.1, 0.15) is 0 Å². The minimum absolute atomic E-state index is 0. The molecule has 2 aliphatic rings. The van der Waals surface area contributed by atoms with Gasteiger partial charge in [0.15, 0.2) is 0 Å². The van der Waals surface area contributed by atoms with Crippen LogP contribution in [0.25, 0.3) is 11.1 Å². The molecule has 0 N–H and O–H groups in total. The number of benzene rings is 3. The second-order valence-electron chi connectivity index (χ2n) is 9.22. The van der Waals surface area contributed by atoms with Crippen LogP contribution in [0.3, 0.4) is 0 Å². The number of allylic oxidation sites excluding steroid dienone is 4. The van der Waals surface area contributed by atoms with E-state index in [-0.39, 0.29) is 24.8 Å². The number of halogens is 2. The number of hydrogen-bond acceptors (Lipinski definition) is 0. The Morgan fingerprint density at radius 2 is 1.27 bits per heavy atom. The Bertz CT molecular complexity index is 1190. The van der Waals surface area contributed by atoms with E-state index in [1.54, 1.807) is 25.6 Å². The maximum atomic E-state index is 2.72. The Balaban J connectivity index is 0.00000153. The van der Waals surface area contributed by atoms with Crippen molar-refractivity contribution in [2.24, 2.45) is 11.8 Å². The normalized spacial score (nSPS) is 16.8. The van der Waals surface area contributed by atoms with E-state index in [0.717, 1.165) is 0 Å². The number of hydrogen-bond donors (Lipinski definition) is 0. The van der Waals surface area contributed by atoms with Gasteiger partial charge in [-0.15, -0.1) is 0 Å². The summed E-state index contributed by atoms with van der Waals surface area (Å²) in [6.45, 7) is 9.52. The van der Waals surface area contributed by atoms with Crippen LogP contribution in [-0.4, -0.2) is 3.71 Å². The Labute approximate surface area is 218 Å². The molecule has 3 heteroatoms. The molecule has 0 saturated carbocycles. The summed E-state index contributed by atoms with van der Waals surface area (Å²) in [5.74, 6) is 1.14. The van der Waals surface area contributed by atoms with E-state index in [2.05, 4.69) is 116 Å². The standard InChI is InChI=1S/C13H9.C10H15.C7H6.2ClH.Zr/c1-3-7-12-10(5-1)9-11-6-2-4-8-13(11)12;1-7(2)10-6-8(3)5-9(10)4;1-7-5-3-2-4-6-7;;;/h1-9H;6-8H,1-4H3;1-6H;2*1H;/q;;;;;+2/p-2. The van der Waals surface area contributed by atoms with Crippen LogP contribution in [0.4, 0.5) is 0 Å². The first kappa shape index (κ1) is 26.1. The van der Waals surface area contributed by atoms with Crippen molar-refractivity contribution in [2.45, 2.75) is 31.3 Å². The predicted octanol–water partition coefficient (Wildman–Crippen LogP) is 1.74. The van der Waals surface area contributed by atoms with E-state index in [1.807, 2.05) is 0 Å². The van der Waals surface area contributed by atoms with Gasteiger partial charge in [-0.1, -0.05) is 0 Å².